The number of carbonyl (C=O) groups is 1. The SMILES string of the molecule is Cc1c(C(=O)N2CCCCCC2)sc2nc(C)n(C)c(=O)c12. The van der Waals surface area contributed by atoms with Crippen molar-refractivity contribution >= 4 is 27.5 Å². The van der Waals surface area contributed by atoms with E-state index in [-0.39, 0.29) is 11.5 Å². The maximum Gasteiger partial charge on any atom is 0.264 e. The smallest absolute Gasteiger partial charge is 0.264 e. The lowest BCUT2D eigenvalue weighted by Crippen LogP contribution is -2.31. The van der Waals surface area contributed by atoms with Crippen molar-refractivity contribution in [3.8, 4) is 0 Å². The second kappa shape index (κ2) is 5.83. The van der Waals surface area contributed by atoms with Gasteiger partial charge in [-0.3, -0.25) is 14.2 Å². The number of amides is 1. The number of hydrogen-bond donors (Lipinski definition) is 0. The van der Waals surface area contributed by atoms with E-state index in [9.17, 15) is 9.59 Å². The molecule has 6 heteroatoms. The Morgan fingerprint density at radius 2 is 1.77 bits per heavy atom. The quantitative estimate of drug-likeness (QED) is 0.812. The lowest BCUT2D eigenvalue weighted by Gasteiger charge is -2.19. The van der Waals surface area contributed by atoms with Crippen molar-refractivity contribution in [2.45, 2.75) is 39.5 Å². The van der Waals surface area contributed by atoms with Crippen LogP contribution in [0.15, 0.2) is 4.79 Å². The van der Waals surface area contributed by atoms with Crippen LogP contribution in [0.25, 0.3) is 10.2 Å². The molecular formula is C16H21N3O2S. The second-order valence-corrected chi connectivity index (χ2v) is 6.97. The number of carbonyl (C=O) groups excluding carboxylic acids is 1. The van der Waals surface area contributed by atoms with E-state index in [2.05, 4.69) is 4.98 Å². The van der Waals surface area contributed by atoms with Gasteiger partial charge in [-0.15, -0.1) is 11.3 Å². The van der Waals surface area contributed by atoms with Crippen LogP contribution in [0.1, 0.15) is 46.7 Å². The number of nitrogens with zero attached hydrogens (tertiary/aromatic N) is 3. The minimum absolute atomic E-state index is 0.0575. The second-order valence-electron chi connectivity index (χ2n) is 5.97. The number of aromatic nitrogens is 2. The zero-order valence-electron chi connectivity index (χ0n) is 13.3. The summed E-state index contributed by atoms with van der Waals surface area (Å²) in [4.78, 5) is 33.0. The highest BCUT2D eigenvalue weighted by Gasteiger charge is 2.24. The average molecular weight is 319 g/mol. The molecule has 2 aromatic rings. The van der Waals surface area contributed by atoms with Crippen LogP contribution in [0.3, 0.4) is 0 Å². The Morgan fingerprint density at radius 3 is 2.41 bits per heavy atom. The van der Waals surface area contributed by atoms with Crippen molar-refractivity contribution in [3.05, 3.63) is 26.6 Å². The summed E-state index contributed by atoms with van der Waals surface area (Å²) in [5, 5.41) is 0.594. The standard InChI is InChI=1S/C16H21N3O2S/c1-10-12-14(17-11(2)18(3)15(12)20)22-13(10)16(21)19-8-6-4-5-7-9-19/h4-9H2,1-3H3. The molecule has 0 spiro atoms. The normalized spacial score (nSPS) is 16.0. The summed E-state index contributed by atoms with van der Waals surface area (Å²) in [7, 11) is 1.72. The van der Waals surface area contributed by atoms with Gasteiger partial charge in [-0.2, -0.15) is 0 Å². The maximum atomic E-state index is 12.8. The Bertz CT molecular complexity index is 783. The number of thiophene rings is 1. The summed E-state index contributed by atoms with van der Waals surface area (Å²) in [5.41, 5.74) is 0.716. The minimum Gasteiger partial charge on any atom is -0.338 e. The molecule has 0 atom stereocenters. The Labute approximate surface area is 133 Å². The third kappa shape index (κ3) is 2.45. The van der Waals surface area contributed by atoms with Crippen LogP contribution in [-0.2, 0) is 7.05 Å². The molecule has 1 amide bonds. The number of hydrogen-bond acceptors (Lipinski definition) is 4. The Hall–Kier alpha value is -1.69. The lowest BCUT2D eigenvalue weighted by molar-refractivity contribution is 0.0766. The van der Waals surface area contributed by atoms with Crippen molar-refractivity contribution in [3.63, 3.8) is 0 Å². The molecule has 3 rings (SSSR count). The fraction of sp³-hybridized carbons (Fsp3) is 0.562. The Kier molecular flexibility index (Phi) is 4.04. The first-order valence-electron chi connectivity index (χ1n) is 7.76. The van der Waals surface area contributed by atoms with Crippen LogP contribution in [0.4, 0.5) is 0 Å². The summed E-state index contributed by atoms with van der Waals surface area (Å²) >= 11 is 1.35. The van der Waals surface area contributed by atoms with Gasteiger partial charge in [-0.1, -0.05) is 12.8 Å². The summed E-state index contributed by atoms with van der Waals surface area (Å²) in [5.74, 6) is 0.731. The molecule has 2 aromatic heterocycles. The number of fused-ring (bicyclic) bond motifs is 1. The van der Waals surface area contributed by atoms with Gasteiger partial charge in [0.25, 0.3) is 11.5 Å². The van der Waals surface area contributed by atoms with Crippen LogP contribution in [0.2, 0.25) is 0 Å². The van der Waals surface area contributed by atoms with E-state index in [0.717, 1.165) is 31.5 Å². The topological polar surface area (TPSA) is 55.2 Å². The summed E-state index contributed by atoms with van der Waals surface area (Å²) in [6.07, 6.45) is 4.51. The van der Waals surface area contributed by atoms with Crippen molar-refractivity contribution in [1.82, 2.24) is 14.5 Å². The van der Waals surface area contributed by atoms with E-state index in [1.54, 1.807) is 11.6 Å². The predicted octanol–water partition coefficient (Wildman–Crippen LogP) is 2.63. The predicted molar refractivity (Wildman–Crippen MR) is 88.7 cm³/mol. The van der Waals surface area contributed by atoms with Crippen molar-refractivity contribution in [2.24, 2.45) is 7.05 Å². The molecule has 1 saturated heterocycles. The molecule has 0 bridgehead atoms. The fourth-order valence-electron chi connectivity index (χ4n) is 2.99. The molecule has 1 aliphatic rings. The zero-order chi connectivity index (χ0) is 15.9. The van der Waals surface area contributed by atoms with Gasteiger partial charge in [0.2, 0.25) is 0 Å². The average Bonchev–Trinajstić information content (AvgIpc) is 2.70. The largest absolute Gasteiger partial charge is 0.338 e. The molecule has 118 valence electrons. The van der Waals surface area contributed by atoms with Crippen LogP contribution in [-0.4, -0.2) is 33.4 Å². The molecular weight excluding hydrogens is 298 g/mol. The van der Waals surface area contributed by atoms with E-state index in [4.69, 9.17) is 0 Å². The molecule has 5 nitrogen and oxygen atoms in total. The van der Waals surface area contributed by atoms with Gasteiger partial charge in [0.05, 0.1) is 10.3 Å². The molecule has 0 aromatic carbocycles. The highest BCUT2D eigenvalue weighted by atomic mass is 32.1. The monoisotopic (exact) mass is 319 g/mol. The lowest BCUT2D eigenvalue weighted by atomic mass is 10.2. The van der Waals surface area contributed by atoms with Gasteiger partial charge >= 0.3 is 0 Å². The third-order valence-electron chi connectivity index (χ3n) is 4.48. The van der Waals surface area contributed by atoms with Crippen molar-refractivity contribution in [1.29, 1.82) is 0 Å². The zero-order valence-corrected chi connectivity index (χ0v) is 14.1. The first-order valence-corrected chi connectivity index (χ1v) is 8.58. The summed E-state index contributed by atoms with van der Waals surface area (Å²) < 4.78 is 1.54. The Balaban J connectivity index is 2.08. The number of rotatable bonds is 1. The molecule has 0 saturated carbocycles. The molecule has 0 unspecified atom stereocenters. The summed E-state index contributed by atoms with van der Waals surface area (Å²) in [6, 6.07) is 0. The van der Waals surface area contributed by atoms with Crippen molar-refractivity contribution < 1.29 is 4.79 Å². The highest BCUT2D eigenvalue weighted by molar-refractivity contribution is 7.20. The van der Waals surface area contributed by atoms with Gasteiger partial charge < -0.3 is 4.90 Å². The van der Waals surface area contributed by atoms with Crippen LogP contribution in [0, 0.1) is 13.8 Å². The minimum atomic E-state index is -0.0637. The van der Waals surface area contributed by atoms with Gasteiger partial charge in [0.1, 0.15) is 10.7 Å². The van der Waals surface area contributed by atoms with Crippen molar-refractivity contribution in [2.75, 3.05) is 13.1 Å². The van der Waals surface area contributed by atoms with Gasteiger partial charge in [-0.05, 0) is 32.3 Å². The first-order chi connectivity index (χ1) is 10.5. The van der Waals surface area contributed by atoms with Crippen LogP contribution in [0.5, 0.6) is 0 Å². The van der Waals surface area contributed by atoms with E-state index in [1.165, 1.54) is 24.2 Å². The molecule has 1 fully saturated rings. The van der Waals surface area contributed by atoms with Gasteiger partial charge in [0.15, 0.2) is 0 Å². The molecule has 0 aliphatic carbocycles. The maximum absolute atomic E-state index is 12.8. The molecule has 0 radical (unpaired) electrons. The number of aryl methyl sites for hydroxylation is 2. The number of likely N-dealkylation sites (tertiary alicyclic amines) is 1. The van der Waals surface area contributed by atoms with E-state index in [0.29, 0.717) is 20.9 Å². The molecule has 0 N–H and O–H groups in total. The molecule has 3 heterocycles. The van der Waals surface area contributed by atoms with Crippen LogP contribution < -0.4 is 5.56 Å². The fourth-order valence-corrected chi connectivity index (χ4v) is 4.17. The van der Waals surface area contributed by atoms with E-state index < -0.39 is 0 Å². The Morgan fingerprint density at radius 1 is 1.14 bits per heavy atom. The van der Waals surface area contributed by atoms with Gasteiger partial charge in [-0.25, -0.2) is 4.98 Å². The van der Waals surface area contributed by atoms with E-state index in [1.807, 2.05) is 18.7 Å². The third-order valence-corrected chi connectivity index (χ3v) is 5.66. The molecule has 1 aliphatic heterocycles. The highest BCUT2D eigenvalue weighted by Crippen LogP contribution is 2.29. The van der Waals surface area contributed by atoms with E-state index >= 15 is 0 Å². The molecule has 22 heavy (non-hydrogen) atoms. The summed E-state index contributed by atoms with van der Waals surface area (Å²) in [6.45, 7) is 5.31. The van der Waals surface area contributed by atoms with Gasteiger partial charge in [0, 0.05) is 20.1 Å². The van der Waals surface area contributed by atoms with Crippen LogP contribution >= 0.6 is 11.3 Å². The first kappa shape index (κ1) is 15.2.